The maximum Gasteiger partial charge on any atom is 0.226 e. The van der Waals surface area contributed by atoms with E-state index < -0.39 is 0 Å². The molecule has 5 nitrogen and oxygen atoms in total. The first-order valence-electron chi connectivity index (χ1n) is 6.37. The molecule has 2 N–H and O–H groups in total. The second-order valence-corrected chi connectivity index (χ2v) is 5.38. The Labute approximate surface area is 138 Å². The summed E-state index contributed by atoms with van der Waals surface area (Å²) in [6.07, 6.45) is 0.430. The van der Waals surface area contributed by atoms with Crippen molar-refractivity contribution in [2.45, 2.75) is 13.3 Å². The molecule has 1 heterocycles. The van der Waals surface area contributed by atoms with Crippen LogP contribution in [0.15, 0.2) is 34.8 Å². The van der Waals surface area contributed by atoms with Crippen LogP contribution in [0.1, 0.15) is 12.1 Å². The van der Waals surface area contributed by atoms with Gasteiger partial charge < -0.3 is 10.6 Å². The van der Waals surface area contributed by atoms with Gasteiger partial charge in [0.25, 0.3) is 0 Å². The summed E-state index contributed by atoms with van der Waals surface area (Å²) in [5, 5.41) is 10.3. The van der Waals surface area contributed by atoms with Gasteiger partial charge in [0.2, 0.25) is 5.91 Å². The number of nitrogens with zero attached hydrogens (tertiary/aromatic N) is 2. The summed E-state index contributed by atoms with van der Waals surface area (Å²) < 4.78 is 2.70. The molecule has 0 bridgehead atoms. The molecule has 1 amide bonds. The minimum Gasteiger partial charge on any atom is -0.319 e. The Balaban J connectivity index is 0.00000220. The number of hydrogen-bond donors (Lipinski definition) is 2. The molecule has 0 radical (unpaired) electrons. The third kappa shape index (κ3) is 4.84. The lowest BCUT2D eigenvalue weighted by atomic mass is 10.3. The summed E-state index contributed by atoms with van der Waals surface area (Å²) in [6, 6.07) is 9.64. The predicted molar refractivity (Wildman–Crippen MR) is 90.4 cm³/mol. The third-order valence-corrected chi connectivity index (χ3v) is 3.25. The quantitative estimate of drug-likeness (QED) is 0.847. The zero-order valence-corrected chi connectivity index (χ0v) is 14.3. The number of benzene rings is 1. The number of carbonyl (C=O) groups excluding carboxylic acids is 1. The van der Waals surface area contributed by atoms with E-state index in [1.165, 1.54) is 0 Å². The average Bonchev–Trinajstić information content (AvgIpc) is 2.77. The first-order valence-corrected chi connectivity index (χ1v) is 7.16. The number of aromatic nitrogens is 2. The third-order valence-electron chi connectivity index (χ3n) is 2.75. The highest BCUT2D eigenvalue weighted by Crippen LogP contribution is 2.20. The van der Waals surface area contributed by atoms with Crippen LogP contribution in [0.2, 0.25) is 0 Å². The number of rotatable bonds is 5. The Kier molecular flexibility index (Phi) is 6.87. The van der Waals surface area contributed by atoms with E-state index in [1.807, 2.05) is 44.3 Å². The van der Waals surface area contributed by atoms with Crippen LogP contribution >= 0.6 is 28.3 Å². The van der Waals surface area contributed by atoms with Crippen molar-refractivity contribution in [1.82, 2.24) is 15.1 Å². The normalized spacial score (nSPS) is 10.0. The standard InChI is InChI=1S/C14H17BrN4O.ClH/c1-10-8-13(17-14(20)6-7-16-2)19(18-10)12-5-3-4-11(15)9-12;/h3-5,8-9,16H,6-7H2,1-2H3,(H,17,20);1H. The van der Waals surface area contributed by atoms with Crippen molar-refractivity contribution in [2.24, 2.45) is 0 Å². The molecule has 0 aliphatic heterocycles. The minimum absolute atomic E-state index is 0. The van der Waals surface area contributed by atoms with Gasteiger partial charge in [-0.2, -0.15) is 5.10 Å². The van der Waals surface area contributed by atoms with Crippen LogP contribution in [0.5, 0.6) is 0 Å². The maximum absolute atomic E-state index is 11.8. The molecule has 0 unspecified atom stereocenters. The lowest BCUT2D eigenvalue weighted by Crippen LogP contribution is -2.20. The topological polar surface area (TPSA) is 59.0 Å². The molecular weight excluding hydrogens is 356 g/mol. The Morgan fingerprint density at radius 3 is 2.81 bits per heavy atom. The smallest absolute Gasteiger partial charge is 0.226 e. The van der Waals surface area contributed by atoms with Gasteiger partial charge in [-0.15, -0.1) is 12.4 Å². The van der Waals surface area contributed by atoms with Crippen LogP contribution in [0, 0.1) is 6.92 Å². The molecule has 0 atom stereocenters. The van der Waals surface area contributed by atoms with E-state index in [-0.39, 0.29) is 18.3 Å². The molecule has 0 fully saturated rings. The van der Waals surface area contributed by atoms with E-state index in [4.69, 9.17) is 0 Å². The average molecular weight is 374 g/mol. The highest BCUT2D eigenvalue weighted by atomic mass is 79.9. The fraction of sp³-hybridized carbons (Fsp3) is 0.286. The van der Waals surface area contributed by atoms with Crippen LogP contribution in [0.4, 0.5) is 5.82 Å². The Bertz CT molecular complexity index is 615. The Morgan fingerprint density at radius 2 is 2.14 bits per heavy atom. The number of carbonyl (C=O) groups is 1. The van der Waals surface area contributed by atoms with E-state index in [9.17, 15) is 4.79 Å². The largest absolute Gasteiger partial charge is 0.319 e. The fourth-order valence-corrected chi connectivity index (χ4v) is 2.22. The lowest BCUT2D eigenvalue weighted by molar-refractivity contribution is -0.116. The predicted octanol–water partition coefficient (Wildman–Crippen LogP) is 2.91. The molecule has 114 valence electrons. The number of amides is 1. The van der Waals surface area contributed by atoms with Crippen molar-refractivity contribution < 1.29 is 4.79 Å². The number of nitrogens with one attached hydrogen (secondary N) is 2. The van der Waals surface area contributed by atoms with Gasteiger partial charge in [0.15, 0.2) is 0 Å². The molecule has 2 rings (SSSR count). The SMILES string of the molecule is CNCCC(=O)Nc1cc(C)nn1-c1cccc(Br)c1.Cl. The monoisotopic (exact) mass is 372 g/mol. The first kappa shape index (κ1) is 17.7. The van der Waals surface area contributed by atoms with Crippen LogP contribution in [0.3, 0.4) is 0 Å². The number of hydrogen-bond acceptors (Lipinski definition) is 3. The van der Waals surface area contributed by atoms with Gasteiger partial charge in [0, 0.05) is 23.5 Å². The summed E-state index contributed by atoms with van der Waals surface area (Å²) in [4.78, 5) is 11.8. The van der Waals surface area contributed by atoms with E-state index in [0.717, 1.165) is 15.9 Å². The van der Waals surface area contributed by atoms with E-state index in [1.54, 1.807) is 4.68 Å². The molecule has 1 aromatic carbocycles. The van der Waals surface area contributed by atoms with Crippen molar-refractivity contribution in [1.29, 1.82) is 0 Å². The molecule has 7 heteroatoms. The van der Waals surface area contributed by atoms with Crippen molar-refractivity contribution in [3.63, 3.8) is 0 Å². The molecule has 0 saturated heterocycles. The van der Waals surface area contributed by atoms with Crippen LogP contribution in [0.25, 0.3) is 5.69 Å². The van der Waals surface area contributed by atoms with Crippen LogP contribution in [-0.2, 0) is 4.79 Å². The van der Waals surface area contributed by atoms with E-state index in [2.05, 4.69) is 31.7 Å². The summed E-state index contributed by atoms with van der Waals surface area (Å²) >= 11 is 3.44. The van der Waals surface area contributed by atoms with Crippen molar-refractivity contribution in [3.05, 3.63) is 40.5 Å². The number of aryl methyl sites for hydroxylation is 1. The molecular formula is C14H18BrClN4O. The zero-order chi connectivity index (χ0) is 14.5. The number of anilines is 1. The zero-order valence-electron chi connectivity index (χ0n) is 11.9. The van der Waals surface area contributed by atoms with Crippen molar-refractivity contribution in [2.75, 3.05) is 18.9 Å². The Morgan fingerprint density at radius 1 is 1.38 bits per heavy atom. The summed E-state index contributed by atoms with van der Waals surface area (Å²) in [5.41, 5.74) is 1.75. The molecule has 21 heavy (non-hydrogen) atoms. The van der Waals surface area contributed by atoms with Gasteiger partial charge in [-0.1, -0.05) is 22.0 Å². The second kappa shape index (κ2) is 8.17. The Hall–Kier alpha value is -1.37. The maximum atomic E-state index is 11.8. The first-order chi connectivity index (χ1) is 9.60. The molecule has 0 spiro atoms. The van der Waals surface area contributed by atoms with Gasteiger partial charge in [-0.05, 0) is 32.2 Å². The molecule has 1 aromatic heterocycles. The highest BCUT2D eigenvalue weighted by Gasteiger charge is 2.10. The van der Waals surface area contributed by atoms with E-state index in [0.29, 0.717) is 18.8 Å². The molecule has 0 saturated carbocycles. The lowest BCUT2D eigenvalue weighted by Gasteiger charge is -2.09. The molecule has 0 aliphatic carbocycles. The minimum atomic E-state index is -0.0319. The van der Waals surface area contributed by atoms with Gasteiger partial charge in [0.1, 0.15) is 5.82 Å². The van der Waals surface area contributed by atoms with Gasteiger partial charge in [0.05, 0.1) is 11.4 Å². The van der Waals surface area contributed by atoms with Gasteiger partial charge in [-0.25, -0.2) is 4.68 Å². The van der Waals surface area contributed by atoms with Crippen LogP contribution < -0.4 is 10.6 Å². The van der Waals surface area contributed by atoms with E-state index >= 15 is 0 Å². The fourth-order valence-electron chi connectivity index (χ4n) is 1.84. The van der Waals surface area contributed by atoms with Gasteiger partial charge >= 0.3 is 0 Å². The summed E-state index contributed by atoms with van der Waals surface area (Å²) in [6.45, 7) is 2.55. The molecule has 0 aliphatic rings. The van der Waals surface area contributed by atoms with Crippen molar-refractivity contribution >= 4 is 40.1 Å². The summed E-state index contributed by atoms with van der Waals surface area (Å²) in [5.74, 6) is 0.650. The molecule has 2 aromatic rings. The highest BCUT2D eigenvalue weighted by molar-refractivity contribution is 9.10. The summed E-state index contributed by atoms with van der Waals surface area (Å²) in [7, 11) is 1.82. The van der Waals surface area contributed by atoms with Crippen LogP contribution in [-0.4, -0.2) is 29.3 Å². The van der Waals surface area contributed by atoms with Crippen molar-refractivity contribution in [3.8, 4) is 5.69 Å². The van der Waals surface area contributed by atoms with Gasteiger partial charge in [-0.3, -0.25) is 4.79 Å². The second-order valence-electron chi connectivity index (χ2n) is 4.46. The number of halogens is 2.